The molecule has 5 nitrogen and oxygen atoms in total. The van der Waals surface area contributed by atoms with Crippen LogP contribution in [-0.2, 0) is 17.8 Å². The number of hydrogen-bond acceptors (Lipinski definition) is 4. The highest BCUT2D eigenvalue weighted by Crippen LogP contribution is 2.16. The molecule has 1 aliphatic heterocycles. The van der Waals surface area contributed by atoms with Gasteiger partial charge in [-0.15, -0.1) is 0 Å². The van der Waals surface area contributed by atoms with Crippen molar-refractivity contribution in [2.24, 2.45) is 11.7 Å². The molecule has 78 valence electrons. The van der Waals surface area contributed by atoms with E-state index < -0.39 is 0 Å². The summed E-state index contributed by atoms with van der Waals surface area (Å²) in [5.41, 5.74) is 5.44. The Morgan fingerprint density at radius 3 is 2.93 bits per heavy atom. The minimum atomic E-state index is 0.417. The summed E-state index contributed by atoms with van der Waals surface area (Å²) in [7, 11) is 0. The van der Waals surface area contributed by atoms with Crippen molar-refractivity contribution in [1.29, 1.82) is 0 Å². The number of rotatable bonds is 3. The molecule has 0 atom stereocenters. The molecular weight excluding hydrogens is 180 g/mol. The number of ether oxygens (including phenoxy) is 1. The van der Waals surface area contributed by atoms with Crippen molar-refractivity contribution in [3.8, 4) is 0 Å². The highest BCUT2D eigenvalue weighted by molar-refractivity contribution is 4.79. The van der Waals surface area contributed by atoms with Gasteiger partial charge in [-0.2, -0.15) is 5.10 Å². The monoisotopic (exact) mass is 196 g/mol. The second-order valence-electron chi connectivity index (χ2n) is 3.64. The van der Waals surface area contributed by atoms with Crippen LogP contribution in [0.1, 0.15) is 18.7 Å². The van der Waals surface area contributed by atoms with Crippen LogP contribution in [0.3, 0.4) is 0 Å². The molecule has 1 fully saturated rings. The Bertz CT molecular complexity index is 280. The van der Waals surface area contributed by atoms with Crippen LogP contribution >= 0.6 is 0 Å². The van der Waals surface area contributed by atoms with Gasteiger partial charge in [-0.25, -0.2) is 4.98 Å². The molecule has 1 aromatic rings. The Kier molecular flexibility index (Phi) is 3.10. The van der Waals surface area contributed by atoms with E-state index in [1.165, 1.54) is 0 Å². The fraction of sp³-hybridized carbons (Fsp3) is 0.778. The van der Waals surface area contributed by atoms with Crippen molar-refractivity contribution < 1.29 is 4.74 Å². The van der Waals surface area contributed by atoms with E-state index >= 15 is 0 Å². The van der Waals surface area contributed by atoms with Crippen LogP contribution in [0.25, 0.3) is 0 Å². The summed E-state index contributed by atoms with van der Waals surface area (Å²) < 4.78 is 7.19. The smallest absolute Gasteiger partial charge is 0.164 e. The third-order valence-electron chi connectivity index (χ3n) is 2.55. The van der Waals surface area contributed by atoms with Crippen molar-refractivity contribution in [3.63, 3.8) is 0 Å². The van der Waals surface area contributed by atoms with Gasteiger partial charge in [0.2, 0.25) is 0 Å². The first-order chi connectivity index (χ1) is 6.88. The first-order valence-electron chi connectivity index (χ1n) is 5.04. The molecular formula is C9H16N4O. The lowest BCUT2D eigenvalue weighted by molar-refractivity contribution is 0.0601. The summed E-state index contributed by atoms with van der Waals surface area (Å²) in [4.78, 5) is 4.10. The maximum atomic E-state index is 5.44. The molecule has 0 spiro atoms. The summed E-state index contributed by atoms with van der Waals surface area (Å²) in [6, 6.07) is 0. The van der Waals surface area contributed by atoms with Gasteiger partial charge >= 0.3 is 0 Å². The van der Waals surface area contributed by atoms with Crippen molar-refractivity contribution in [2.75, 3.05) is 13.2 Å². The Morgan fingerprint density at radius 1 is 1.50 bits per heavy atom. The van der Waals surface area contributed by atoms with Gasteiger partial charge in [0.05, 0.1) is 6.54 Å². The molecule has 1 aromatic heterocycles. The molecule has 2 N–H and O–H groups in total. The van der Waals surface area contributed by atoms with Gasteiger partial charge in [-0.1, -0.05) is 0 Å². The van der Waals surface area contributed by atoms with Crippen LogP contribution in [0.15, 0.2) is 6.33 Å². The van der Waals surface area contributed by atoms with E-state index in [0.717, 1.165) is 38.4 Å². The summed E-state index contributed by atoms with van der Waals surface area (Å²) in [6.07, 6.45) is 4.01. The molecule has 5 heteroatoms. The third-order valence-corrected chi connectivity index (χ3v) is 2.55. The summed E-state index contributed by atoms with van der Waals surface area (Å²) in [5, 5.41) is 4.26. The maximum absolute atomic E-state index is 5.44. The Labute approximate surface area is 83.3 Å². The largest absolute Gasteiger partial charge is 0.381 e. The lowest BCUT2D eigenvalue weighted by Crippen LogP contribution is -2.20. The predicted molar refractivity (Wildman–Crippen MR) is 51.5 cm³/mol. The van der Waals surface area contributed by atoms with Crippen molar-refractivity contribution in [3.05, 3.63) is 12.2 Å². The maximum Gasteiger partial charge on any atom is 0.164 e. The van der Waals surface area contributed by atoms with E-state index in [9.17, 15) is 0 Å². The second-order valence-corrected chi connectivity index (χ2v) is 3.64. The van der Waals surface area contributed by atoms with Crippen molar-refractivity contribution in [1.82, 2.24) is 14.8 Å². The average Bonchev–Trinajstić information content (AvgIpc) is 2.67. The Morgan fingerprint density at radius 2 is 2.29 bits per heavy atom. The average molecular weight is 196 g/mol. The highest BCUT2D eigenvalue weighted by Gasteiger charge is 2.14. The van der Waals surface area contributed by atoms with Crippen LogP contribution in [0.2, 0.25) is 0 Å². The molecule has 1 aliphatic rings. The molecule has 2 rings (SSSR count). The van der Waals surface area contributed by atoms with Gasteiger partial charge in [-0.05, 0) is 18.8 Å². The normalized spacial score (nSPS) is 18.6. The summed E-state index contributed by atoms with van der Waals surface area (Å²) >= 11 is 0. The van der Waals surface area contributed by atoms with Crippen LogP contribution in [0.5, 0.6) is 0 Å². The van der Waals surface area contributed by atoms with E-state index in [4.69, 9.17) is 10.5 Å². The lowest BCUT2D eigenvalue weighted by Gasteiger charge is -2.21. The topological polar surface area (TPSA) is 66.0 Å². The fourth-order valence-electron chi connectivity index (χ4n) is 1.71. The van der Waals surface area contributed by atoms with Crippen molar-refractivity contribution >= 4 is 0 Å². The van der Waals surface area contributed by atoms with Crippen molar-refractivity contribution in [2.45, 2.75) is 25.9 Å². The fourth-order valence-corrected chi connectivity index (χ4v) is 1.71. The molecule has 1 saturated heterocycles. The van der Waals surface area contributed by atoms with Crippen LogP contribution in [-0.4, -0.2) is 28.0 Å². The molecule has 0 amide bonds. The van der Waals surface area contributed by atoms with E-state index in [1.54, 1.807) is 6.33 Å². The molecule has 0 unspecified atom stereocenters. The van der Waals surface area contributed by atoms with Crippen LogP contribution < -0.4 is 5.73 Å². The SMILES string of the molecule is NCc1ncn(CC2CCOCC2)n1. The quantitative estimate of drug-likeness (QED) is 0.748. The predicted octanol–water partition coefficient (Wildman–Crippen LogP) is 0.163. The van der Waals surface area contributed by atoms with Gasteiger partial charge < -0.3 is 10.5 Å². The van der Waals surface area contributed by atoms with E-state index in [0.29, 0.717) is 12.5 Å². The minimum Gasteiger partial charge on any atom is -0.381 e. The van der Waals surface area contributed by atoms with Crippen LogP contribution in [0, 0.1) is 5.92 Å². The molecule has 0 aromatic carbocycles. The van der Waals surface area contributed by atoms with Gasteiger partial charge in [-0.3, -0.25) is 4.68 Å². The van der Waals surface area contributed by atoms with Gasteiger partial charge in [0.1, 0.15) is 6.33 Å². The molecule has 14 heavy (non-hydrogen) atoms. The minimum absolute atomic E-state index is 0.417. The first kappa shape index (κ1) is 9.61. The second kappa shape index (κ2) is 4.52. The highest BCUT2D eigenvalue weighted by atomic mass is 16.5. The van der Waals surface area contributed by atoms with Gasteiger partial charge in [0.25, 0.3) is 0 Å². The summed E-state index contributed by atoms with van der Waals surface area (Å²) in [6.45, 7) is 3.11. The number of aromatic nitrogens is 3. The molecule has 0 radical (unpaired) electrons. The Hall–Kier alpha value is -0.940. The van der Waals surface area contributed by atoms with E-state index in [2.05, 4.69) is 10.1 Å². The van der Waals surface area contributed by atoms with Gasteiger partial charge in [0.15, 0.2) is 5.82 Å². The van der Waals surface area contributed by atoms with E-state index in [-0.39, 0.29) is 0 Å². The van der Waals surface area contributed by atoms with Gasteiger partial charge in [0, 0.05) is 19.8 Å². The molecule has 0 aliphatic carbocycles. The summed E-state index contributed by atoms with van der Waals surface area (Å²) in [5.74, 6) is 1.40. The molecule has 0 bridgehead atoms. The van der Waals surface area contributed by atoms with E-state index in [1.807, 2.05) is 4.68 Å². The number of nitrogens with zero attached hydrogens (tertiary/aromatic N) is 3. The Balaban J connectivity index is 1.89. The zero-order valence-electron chi connectivity index (χ0n) is 8.22. The molecule has 0 saturated carbocycles. The third kappa shape index (κ3) is 2.30. The number of hydrogen-bond donors (Lipinski definition) is 1. The zero-order valence-corrected chi connectivity index (χ0v) is 8.22. The molecule has 2 heterocycles. The zero-order chi connectivity index (χ0) is 9.80. The standard InChI is InChI=1S/C9H16N4O/c10-5-9-11-7-13(12-9)6-8-1-3-14-4-2-8/h7-8H,1-6,10H2. The van der Waals surface area contributed by atoms with Crippen LogP contribution in [0.4, 0.5) is 0 Å². The first-order valence-corrected chi connectivity index (χ1v) is 5.04. The lowest BCUT2D eigenvalue weighted by atomic mass is 10.0. The number of nitrogens with two attached hydrogens (primary N) is 1.